The third-order valence-corrected chi connectivity index (χ3v) is 8.78. The van der Waals surface area contributed by atoms with Crippen LogP contribution in [-0.2, 0) is 4.74 Å². The van der Waals surface area contributed by atoms with Crippen LogP contribution in [0.25, 0.3) is 5.69 Å². The number of thiocarbonyl (C=S) groups is 1. The topological polar surface area (TPSA) is 54.8 Å². The molecule has 8 heteroatoms. The lowest BCUT2D eigenvalue weighted by molar-refractivity contribution is 0.122. The molecule has 0 aliphatic carbocycles. The van der Waals surface area contributed by atoms with Gasteiger partial charge in [0.2, 0.25) is 0 Å². The maximum absolute atomic E-state index is 6.07. The van der Waals surface area contributed by atoms with Gasteiger partial charge in [0, 0.05) is 47.7 Å². The number of aromatic nitrogens is 2. The van der Waals surface area contributed by atoms with Crippen molar-refractivity contribution in [3.8, 4) is 17.2 Å². The fourth-order valence-electron chi connectivity index (χ4n) is 6.37. The number of hydrogen-bond donors (Lipinski definition) is 1. The molecule has 7 nitrogen and oxygen atoms in total. The molecule has 2 fully saturated rings. The molecule has 222 valence electrons. The second kappa shape index (κ2) is 12.1. The summed E-state index contributed by atoms with van der Waals surface area (Å²) in [4.78, 5) is 9.34. The molecule has 2 aliphatic heterocycles. The van der Waals surface area contributed by atoms with Crippen molar-refractivity contribution in [1.82, 2.24) is 14.9 Å². The van der Waals surface area contributed by atoms with Crippen molar-refractivity contribution in [1.29, 1.82) is 0 Å². The van der Waals surface area contributed by atoms with Crippen LogP contribution < -0.4 is 19.9 Å². The SMILES string of the molecule is Cc1cc(C2C(c3ccccn3)NC(=S)N2c2ccc(Oc3ccccc3)cc2)c(C)n1-c1ccc(N2CCOCC2)cc1. The van der Waals surface area contributed by atoms with E-state index in [9.17, 15) is 0 Å². The molecule has 2 aromatic heterocycles. The molecule has 2 atom stereocenters. The van der Waals surface area contributed by atoms with E-state index in [1.54, 1.807) is 0 Å². The molecule has 3 aromatic carbocycles. The first-order valence-corrected chi connectivity index (χ1v) is 15.4. The van der Waals surface area contributed by atoms with Gasteiger partial charge in [-0.05, 0) is 110 Å². The van der Waals surface area contributed by atoms with E-state index in [-0.39, 0.29) is 12.1 Å². The second-order valence-electron chi connectivity index (χ2n) is 11.2. The molecule has 0 radical (unpaired) electrons. The number of benzene rings is 3. The van der Waals surface area contributed by atoms with Crippen molar-refractivity contribution in [2.24, 2.45) is 0 Å². The Morgan fingerprint density at radius 3 is 2.16 bits per heavy atom. The summed E-state index contributed by atoms with van der Waals surface area (Å²) in [5.74, 6) is 1.58. The van der Waals surface area contributed by atoms with E-state index in [0.29, 0.717) is 5.11 Å². The Hall–Kier alpha value is -4.66. The predicted octanol–water partition coefficient (Wildman–Crippen LogP) is 7.30. The van der Waals surface area contributed by atoms with Gasteiger partial charge in [-0.3, -0.25) is 4.98 Å². The molecular weight excluding hydrogens is 566 g/mol. The first kappa shape index (κ1) is 28.1. The van der Waals surface area contributed by atoms with Gasteiger partial charge >= 0.3 is 0 Å². The molecule has 7 rings (SSSR count). The molecule has 0 saturated carbocycles. The fraction of sp³-hybridized carbons (Fsp3) is 0.222. The van der Waals surface area contributed by atoms with Gasteiger partial charge in [-0.15, -0.1) is 0 Å². The van der Waals surface area contributed by atoms with Gasteiger partial charge in [-0.1, -0.05) is 24.3 Å². The summed E-state index contributed by atoms with van der Waals surface area (Å²) < 4.78 is 13.9. The molecule has 0 bridgehead atoms. The van der Waals surface area contributed by atoms with Gasteiger partial charge in [0.15, 0.2) is 5.11 Å². The summed E-state index contributed by atoms with van der Waals surface area (Å²) in [5.41, 5.74) is 7.85. The third kappa shape index (κ3) is 5.42. The van der Waals surface area contributed by atoms with Gasteiger partial charge in [0.1, 0.15) is 11.5 Å². The number of hydrogen-bond acceptors (Lipinski definition) is 5. The number of ether oxygens (including phenoxy) is 2. The summed E-state index contributed by atoms with van der Waals surface area (Å²) in [6, 6.07) is 34.9. The second-order valence-corrected chi connectivity index (χ2v) is 11.6. The lowest BCUT2D eigenvalue weighted by Gasteiger charge is -2.29. The highest BCUT2D eigenvalue weighted by molar-refractivity contribution is 7.80. The third-order valence-electron chi connectivity index (χ3n) is 8.46. The molecule has 2 saturated heterocycles. The van der Waals surface area contributed by atoms with Crippen molar-refractivity contribution < 1.29 is 9.47 Å². The molecule has 4 heterocycles. The zero-order chi connectivity index (χ0) is 30.0. The van der Waals surface area contributed by atoms with Crippen molar-refractivity contribution in [2.45, 2.75) is 25.9 Å². The van der Waals surface area contributed by atoms with Crippen molar-refractivity contribution >= 4 is 28.7 Å². The number of rotatable bonds is 7. The van der Waals surface area contributed by atoms with E-state index >= 15 is 0 Å². The van der Waals surface area contributed by atoms with Crippen LogP contribution in [0.4, 0.5) is 11.4 Å². The zero-order valence-electron chi connectivity index (χ0n) is 24.9. The number of morpholine rings is 1. The van der Waals surface area contributed by atoms with E-state index in [1.807, 2.05) is 60.8 Å². The van der Waals surface area contributed by atoms with Crippen molar-refractivity contribution in [2.75, 3.05) is 36.1 Å². The van der Waals surface area contributed by atoms with Crippen LogP contribution in [-0.4, -0.2) is 41.0 Å². The minimum absolute atomic E-state index is 0.106. The smallest absolute Gasteiger partial charge is 0.174 e. The Morgan fingerprint density at radius 2 is 1.45 bits per heavy atom. The number of para-hydroxylation sites is 1. The predicted molar refractivity (Wildman–Crippen MR) is 179 cm³/mol. The van der Waals surface area contributed by atoms with Crippen molar-refractivity contribution in [3.63, 3.8) is 0 Å². The summed E-state index contributed by atoms with van der Waals surface area (Å²) >= 11 is 6.00. The van der Waals surface area contributed by atoms with Crippen LogP contribution >= 0.6 is 12.2 Å². The minimum atomic E-state index is -0.124. The Labute approximate surface area is 263 Å². The Balaban J connectivity index is 1.24. The zero-order valence-corrected chi connectivity index (χ0v) is 25.7. The monoisotopic (exact) mass is 601 g/mol. The van der Waals surface area contributed by atoms with Crippen LogP contribution in [0.2, 0.25) is 0 Å². The number of nitrogens with one attached hydrogen (secondary N) is 1. The Kier molecular flexibility index (Phi) is 7.77. The molecule has 5 aromatic rings. The van der Waals surface area contributed by atoms with E-state index in [1.165, 1.54) is 22.6 Å². The molecular formula is C36H35N5O2S. The van der Waals surface area contributed by atoms with Crippen LogP contribution in [0.5, 0.6) is 11.5 Å². The summed E-state index contributed by atoms with van der Waals surface area (Å²) in [6.45, 7) is 7.75. The van der Waals surface area contributed by atoms with Gasteiger partial charge in [-0.2, -0.15) is 0 Å². The Morgan fingerprint density at radius 1 is 0.795 bits per heavy atom. The first-order chi connectivity index (χ1) is 21.6. The van der Waals surface area contributed by atoms with Crippen LogP contribution in [0, 0.1) is 13.8 Å². The number of nitrogens with zero attached hydrogens (tertiary/aromatic N) is 4. The maximum Gasteiger partial charge on any atom is 0.174 e. The molecule has 0 spiro atoms. The molecule has 1 N–H and O–H groups in total. The summed E-state index contributed by atoms with van der Waals surface area (Å²) in [6.07, 6.45) is 1.84. The highest BCUT2D eigenvalue weighted by Crippen LogP contribution is 2.44. The average Bonchev–Trinajstić information content (AvgIpc) is 3.57. The standard InChI is InChI=1S/C36H35N5O2S/c1-25-24-32(26(2)40(25)28-13-11-27(12-14-28)39-20-22-42-23-21-39)35-34(33-10-6-7-19-37-33)38-36(44)41(35)29-15-17-31(18-16-29)43-30-8-4-3-5-9-30/h3-19,24,34-35H,20-23H2,1-2H3,(H,38,44). The van der Waals surface area contributed by atoms with Crippen molar-refractivity contribution in [3.05, 3.63) is 132 Å². The maximum atomic E-state index is 6.07. The fourth-order valence-corrected chi connectivity index (χ4v) is 6.71. The molecule has 44 heavy (non-hydrogen) atoms. The quantitative estimate of drug-likeness (QED) is 0.197. The summed E-state index contributed by atoms with van der Waals surface area (Å²) in [5, 5.41) is 4.27. The van der Waals surface area contributed by atoms with E-state index < -0.39 is 0 Å². The normalized spacial score (nSPS) is 18.4. The molecule has 0 amide bonds. The van der Waals surface area contributed by atoms with Gasteiger partial charge in [0.05, 0.1) is 31.0 Å². The van der Waals surface area contributed by atoms with E-state index in [0.717, 1.165) is 54.9 Å². The van der Waals surface area contributed by atoms with Crippen LogP contribution in [0.3, 0.4) is 0 Å². The lowest BCUT2D eigenvalue weighted by atomic mass is 9.96. The minimum Gasteiger partial charge on any atom is -0.457 e. The average molecular weight is 602 g/mol. The Bertz CT molecular complexity index is 1730. The molecule has 2 aliphatic rings. The van der Waals surface area contributed by atoms with Crippen LogP contribution in [0.15, 0.2) is 109 Å². The van der Waals surface area contributed by atoms with Gasteiger partial charge in [0.25, 0.3) is 0 Å². The number of aryl methyl sites for hydroxylation is 1. The highest BCUT2D eigenvalue weighted by Gasteiger charge is 2.42. The lowest BCUT2D eigenvalue weighted by Crippen LogP contribution is -2.36. The van der Waals surface area contributed by atoms with E-state index in [2.05, 4.69) is 82.1 Å². The first-order valence-electron chi connectivity index (χ1n) is 15.0. The van der Waals surface area contributed by atoms with Gasteiger partial charge in [-0.25, -0.2) is 0 Å². The summed E-state index contributed by atoms with van der Waals surface area (Å²) in [7, 11) is 0. The van der Waals surface area contributed by atoms with Gasteiger partial charge < -0.3 is 29.2 Å². The molecule has 2 unspecified atom stereocenters. The van der Waals surface area contributed by atoms with E-state index in [4.69, 9.17) is 26.7 Å². The number of pyridine rings is 1. The van der Waals surface area contributed by atoms with Crippen LogP contribution in [0.1, 0.15) is 34.7 Å². The number of anilines is 2. The largest absolute Gasteiger partial charge is 0.457 e. The highest BCUT2D eigenvalue weighted by atomic mass is 32.1.